The lowest BCUT2D eigenvalue weighted by Crippen LogP contribution is -3.09. The van der Waals surface area contributed by atoms with Gasteiger partial charge in [-0.1, -0.05) is 26.0 Å². The van der Waals surface area contributed by atoms with Gasteiger partial charge in [0.1, 0.15) is 12.6 Å². The predicted octanol–water partition coefficient (Wildman–Crippen LogP) is -0.235. The maximum atomic E-state index is 12.2. The van der Waals surface area contributed by atoms with Crippen LogP contribution in [0.2, 0.25) is 0 Å². The molecule has 1 unspecified atom stereocenters. The number of hydrogen-bond acceptors (Lipinski definition) is 4. The van der Waals surface area contributed by atoms with E-state index in [-0.39, 0.29) is 24.3 Å². The molecule has 0 fully saturated rings. The number of benzene rings is 1. The third-order valence-corrected chi connectivity index (χ3v) is 3.94. The molecule has 7 heteroatoms. The Morgan fingerprint density at radius 1 is 1.15 bits per heavy atom. The SMILES string of the molecule is CNC(=O)c1ccc(C[NH+](C)CC(=O)N[C@@H](CC(C)C)C(=O)OC)cc1. The van der Waals surface area contributed by atoms with E-state index in [0.717, 1.165) is 10.5 Å². The van der Waals surface area contributed by atoms with E-state index in [0.29, 0.717) is 18.5 Å². The summed E-state index contributed by atoms with van der Waals surface area (Å²) in [6.07, 6.45) is 0.540. The van der Waals surface area contributed by atoms with Gasteiger partial charge in [-0.3, -0.25) is 9.59 Å². The van der Waals surface area contributed by atoms with Crippen molar-refractivity contribution in [2.45, 2.75) is 32.9 Å². The van der Waals surface area contributed by atoms with Crippen molar-refractivity contribution in [1.82, 2.24) is 10.6 Å². The first-order valence-corrected chi connectivity index (χ1v) is 8.76. The topological polar surface area (TPSA) is 88.9 Å². The van der Waals surface area contributed by atoms with Gasteiger partial charge in [0.05, 0.1) is 14.2 Å². The highest BCUT2D eigenvalue weighted by atomic mass is 16.5. The van der Waals surface area contributed by atoms with E-state index in [1.165, 1.54) is 7.11 Å². The monoisotopic (exact) mass is 364 g/mol. The van der Waals surface area contributed by atoms with Gasteiger partial charge in [-0.05, 0) is 24.5 Å². The molecule has 0 saturated carbocycles. The van der Waals surface area contributed by atoms with Gasteiger partial charge in [0.2, 0.25) is 0 Å². The zero-order valence-corrected chi connectivity index (χ0v) is 16.2. The van der Waals surface area contributed by atoms with Crippen molar-refractivity contribution < 1.29 is 24.0 Å². The van der Waals surface area contributed by atoms with Crippen molar-refractivity contribution in [2.24, 2.45) is 5.92 Å². The average molecular weight is 364 g/mol. The van der Waals surface area contributed by atoms with E-state index < -0.39 is 12.0 Å². The molecule has 1 rings (SSSR count). The Hall–Kier alpha value is -2.41. The minimum atomic E-state index is -0.618. The average Bonchev–Trinajstić information content (AvgIpc) is 2.59. The number of esters is 1. The summed E-state index contributed by atoms with van der Waals surface area (Å²) in [5, 5.41) is 5.34. The molecule has 1 aromatic rings. The summed E-state index contributed by atoms with van der Waals surface area (Å²) in [4.78, 5) is 36.6. The molecule has 0 saturated heterocycles. The molecule has 2 atom stereocenters. The largest absolute Gasteiger partial charge is 0.467 e. The summed E-state index contributed by atoms with van der Waals surface area (Å²) < 4.78 is 4.76. The summed E-state index contributed by atoms with van der Waals surface area (Å²) in [6.45, 7) is 4.85. The van der Waals surface area contributed by atoms with Crippen LogP contribution in [0.25, 0.3) is 0 Å². The molecule has 0 spiro atoms. The molecule has 0 radical (unpaired) electrons. The summed E-state index contributed by atoms with van der Waals surface area (Å²) >= 11 is 0. The van der Waals surface area contributed by atoms with Gasteiger partial charge in [0.25, 0.3) is 11.8 Å². The molecule has 0 aromatic heterocycles. The molecule has 0 aliphatic carbocycles. The van der Waals surface area contributed by atoms with Gasteiger partial charge < -0.3 is 20.3 Å². The van der Waals surface area contributed by atoms with Gasteiger partial charge in [0, 0.05) is 18.2 Å². The zero-order chi connectivity index (χ0) is 19.7. The highest BCUT2D eigenvalue weighted by molar-refractivity contribution is 5.93. The molecule has 0 aliphatic rings. The van der Waals surface area contributed by atoms with Crippen LogP contribution in [0, 0.1) is 5.92 Å². The van der Waals surface area contributed by atoms with Crippen LogP contribution in [-0.4, -0.2) is 51.6 Å². The second-order valence-corrected chi connectivity index (χ2v) is 6.86. The lowest BCUT2D eigenvalue weighted by atomic mass is 10.0. The zero-order valence-electron chi connectivity index (χ0n) is 16.2. The summed E-state index contributed by atoms with van der Waals surface area (Å²) in [5.74, 6) is -0.478. The van der Waals surface area contributed by atoms with E-state index in [2.05, 4.69) is 10.6 Å². The van der Waals surface area contributed by atoms with Gasteiger partial charge in [-0.2, -0.15) is 0 Å². The lowest BCUT2D eigenvalue weighted by Gasteiger charge is -2.20. The fourth-order valence-electron chi connectivity index (χ4n) is 2.68. The van der Waals surface area contributed by atoms with Crippen LogP contribution in [0.5, 0.6) is 0 Å². The van der Waals surface area contributed by atoms with Gasteiger partial charge in [-0.25, -0.2) is 4.79 Å². The number of rotatable bonds is 9. The van der Waals surface area contributed by atoms with Crippen molar-refractivity contribution >= 4 is 17.8 Å². The maximum Gasteiger partial charge on any atom is 0.328 e. The Labute approximate surface area is 155 Å². The first-order chi connectivity index (χ1) is 12.3. The van der Waals surface area contributed by atoms with Crippen LogP contribution in [0.15, 0.2) is 24.3 Å². The normalized spacial score (nSPS) is 13.0. The van der Waals surface area contributed by atoms with E-state index in [1.54, 1.807) is 19.2 Å². The van der Waals surface area contributed by atoms with Crippen LogP contribution < -0.4 is 15.5 Å². The number of methoxy groups -OCH3 is 1. The molecule has 0 bridgehead atoms. The Balaban J connectivity index is 2.57. The Morgan fingerprint density at radius 2 is 1.77 bits per heavy atom. The molecule has 26 heavy (non-hydrogen) atoms. The molecule has 1 aromatic carbocycles. The van der Waals surface area contributed by atoms with E-state index in [1.807, 2.05) is 33.0 Å². The number of ether oxygens (including phenoxy) is 1. The third kappa shape index (κ3) is 7.23. The molecule has 7 nitrogen and oxygen atoms in total. The summed E-state index contributed by atoms with van der Waals surface area (Å²) in [7, 11) is 4.82. The first-order valence-electron chi connectivity index (χ1n) is 8.76. The fourth-order valence-corrected chi connectivity index (χ4v) is 2.68. The summed E-state index contributed by atoms with van der Waals surface area (Å²) in [5.41, 5.74) is 1.62. The van der Waals surface area contributed by atoms with Crippen molar-refractivity contribution in [3.8, 4) is 0 Å². The maximum absolute atomic E-state index is 12.2. The van der Waals surface area contributed by atoms with Crippen LogP contribution in [0.3, 0.4) is 0 Å². The molecular formula is C19H30N3O4+. The van der Waals surface area contributed by atoms with Crippen molar-refractivity contribution in [1.29, 1.82) is 0 Å². The highest BCUT2D eigenvalue weighted by Gasteiger charge is 2.23. The van der Waals surface area contributed by atoms with Crippen LogP contribution in [-0.2, 0) is 20.9 Å². The molecule has 144 valence electrons. The highest BCUT2D eigenvalue weighted by Crippen LogP contribution is 2.06. The minimum absolute atomic E-state index is 0.129. The number of quaternary nitrogens is 1. The standard InChI is InChI=1S/C19H29N3O4/c1-13(2)10-16(19(25)26-5)21-17(23)12-22(4)11-14-6-8-15(9-7-14)18(24)20-3/h6-9,13,16H,10-12H2,1-5H3,(H,20,24)(H,21,23)/p+1/t16-/m0/s1. The minimum Gasteiger partial charge on any atom is -0.467 e. The third-order valence-electron chi connectivity index (χ3n) is 3.94. The number of hydrogen-bond donors (Lipinski definition) is 3. The number of amides is 2. The number of likely N-dealkylation sites (N-methyl/N-ethyl adjacent to an activating group) is 1. The predicted molar refractivity (Wildman–Crippen MR) is 98.7 cm³/mol. The number of nitrogens with one attached hydrogen (secondary N) is 3. The second kappa shape index (κ2) is 10.6. The Morgan fingerprint density at radius 3 is 2.27 bits per heavy atom. The fraction of sp³-hybridized carbons (Fsp3) is 0.526. The van der Waals surface area contributed by atoms with E-state index in [4.69, 9.17) is 4.74 Å². The number of carbonyl (C=O) groups excluding carboxylic acids is 3. The van der Waals surface area contributed by atoms with Crippen molar-refractivity contribution in [3.05, 3.63) is 35.4 Å². The Kier molecular flexibility index (Phi) is 8.78. The van der Waals surface area contributed by atoms with E-state index in [9.17, 15) is 14.4 Å². The second-order valence-electron chi connectivity index (χ2n) is 6.86. The Bertz CT molecular complexity index is 614. The van der Waals surface area contributed by atoms with Gasteiger partial charge in [-0.15, -0.1) is 0 Å². The van der Waals surface area contributed by atoms with Crippen molar-refractivity contribution in [2.75, 3.05) is 27.7 Å². The molecule has 0 aliphatic heterocycles. The van der Waals surface area contributed by atoms with Gasteiger partial charge in [0.15, 0.2) is 6.54 Å². The molecule has 2 amide bonds. The van der Waals surface area contributed by atoms with Crippen molar-refractivity contribution in [3.63, 3.8) is 0 Å². The summed E-state index contributed by atoms with van der Waals surface area (Å²) in [6, 6.07) is 6.66. The molecule has 3 N–H and O–H groups in total. The molecule has 0 heterocycles. The van der Waals surface area contributed by atoms with Crippen LogP contribution in [0.1, 0.15) is 36.2 Å². The van der Waals surface area contributed by atoms with Crippen LogP contribution in [0.4, 0.5) is 0 Å². The lowest BCUT2D eigenvalue weighted by molar-refractivity contribution is -0.885. The van der Waals surface area contributed by atoms with Crippen LogP contribution >= 0.6 is 0 Å². The number of carbonyl (C=O) groups is 3. The first kappa shape index (κ1) is 21.6. The van der Waals surface area contributed by atoms with E-state index >= 15 is 0 Å². The van der Waals surface area contributed by atoms with Gasteiger partial charge >= 0.3 is 5.97 Å². The quantitative estimate of drug-likeness (QED) is 0.528. The molecular weight excluding hydrogens is 334 g/mol. The smallest absolute Gasteiger partial charge is 0.328 e.